The van der Waals surface area contributed by atoms with Gasteiger partial charge in [-0.15, -0.1) is 0 Å². The second-order valence-electron chi connectivity index (χ2n) is 4.54. The van der Waals surface area contributed by atoms with E-state index >= 15 is 0 Å². The van der Waals surface area contributed by atoms with Gasteiger partial charge in [-0.25, -0.2) is 0 Å². The van der Waals surface area contributed by atoms with E-state index in [1.807, 2.05) is 6.20 Å². The van der Waals surface area contributed by atoms with Gasteiger partial charge in [0.25, 0.3) is 0 Å². The van der Waals surface area contributed by atoms with Crippen molar-refractivity contribution < 1.29 is 0 Å². The largest absolute Gasteiger partial charge is 0.260 e. The number of hydrogen-bond donors (Lipinski definition) is 0. The lowest BCUT2D eigenvalue weighted by Crippen LogP contribution is -2.24. The topological polar surface area (TPSA) is 12.4 Å². The summed E-state index contributed by atoms with van der Waals surface area (Å²) in [6.07, 6.45) is 12.8. The van der Waals surface area contributed by atoms with Gasteiger partial charge in [-0.3, -0.25) is 4.99 Å². The van der Waals surface area contributed by atoms with E-state index in [1.54, 1.807) is 0 Å². The van der Waals surface area contributed by atoms with Gasteiger partial charge in [0.15, 0.2) is 0 Å². The summed E-state index contributed by atoms with van der Waals surface area (Å²) < 4.78 is 0. The summed E-state index contributed by atoms with van der Waals surface area (Å²) in [5.74, 6) is 0.859. The second kappa shape index (κ2) is 4.17. The summed E-state index contributed by atoms with van der Waals surface area (Å²) >= 11 is 0. The van der Waals surface area contributed by atoms with E-state index in [4.69, 9.17) is 0 Å². The van der Waals surface area contributed by atoms with Crippen LogP contribution in [-0.2, 0) is 0 Å². The van der Waals surface area contributed by atoms with Gasteiger partial charge in [-0.05, 0) is 18.1 Å². The molecular formula is C16H15N. The van der Waals surface area contributed by atoms with Gasteiger partial charge in [0.1, 0.15) is 0 Å². The van der Waals surface area contributed by atoms with E-state index in [0.717, 1.165) is 0 Å². The lowest BCUT2D eigenvalue weighted by molar-refractivity contribution is 0.691. The lowest BCUT2D eigenvalue weighted by Gasteiger charge is -2.26. The molecule has 1 aliphatic carbocycles. The first kappa shape index (κ1) is 10.3. The standard InChI is InChI=1S/C16H15N/c1-12-6-2-4-8-14(12)16-15-9-5-3-7-13(15)10-11-17-16/h2-11,13,15H,1H3. The second-order valence-corrected chi connectivity index (χ2v) is 4.54. The number of allylic oxidation sites excluding steroid dienone is 5. The molecular weight excluding hydrogens is 206 g/mol. The monoisotopic (exact) mass is 221 g/mol. The number of fused-ring (bicyclic) bond motifs is 1. The molecule has 0 fully saturated rings. The van der Waals surface area contributed by atoms with Gasteiger partial charge in [0.05, 0.1) is 5.71 Å². The van der Waals surface area contributed by atoms with Crippen molar-refractivity contribution in [2.24, 2.45) is 16.8 Å². The van der Waals surface area contributed by atoms with E-state index in [0.29, 0.717) is 11.8 Å². The smallest absolute Gasteiger partial charge is 0.0556 e. The van der Waals surface area contributed by atoms with Crippen LogP contribution in [0.4, 0.5) is 0 Å². The normalized spacial score (nSPS) is 25.6. The number of rotatable bonds is 1. The van der Waals surface area contributed by atoms with Crippen LogP contribution in [0.2, 0.25) is 0 Å². The lowest BCUT2D eigenvalue weighted by atomic mass is 9.80. The molecule has 0 amide bonds. The van der Waals surface area contributed by atoms with Crippen LogP contribution in [-0.4, -0.2) is 5.71 Å². The maximum atomic E-state index is 4.60. The molecule has 0 saturated heterocycles. The first-order valence-corrected chi connectivity index (χ1v) is 6.01. The molecule has 1 nitrogen and oxygen atoms in total. The van der Waals surface area contributed by atoms with Crippen LogP contribution in [0, 0.1) is 18.8 Å². The molecule has 1 heterocycles. The van der Waals surface area contributed by atoms with Gasteiger partial charge >= 0.3 is 0 Å². The Morgan fingerprint density at radius 1 is 1.00 bits per heavy atom. The van der Waals surface area contributed by atoms with E-state index in [1.165, 1.54) is 16.8 Å². The summed E-state index contributed by atoms with van der Waals surface area (Å²) in [6.45, 7) is 2.15. The van der Waals surface area contributed by atoms with Crippen LogP contribution in [0.3, 0.4) is 0 Å². The minimum Gasteiger partial charge on any atom is -0.260 e. The average molecular weight is 221 g/mol. The molecule has 2 unspecified atom stereocenters. The molecule has 2 atom stereocenters. The molecule has 1 aromatic carbocycles. The van der Waals surface area contributed by atoms with Crippen LogP contribution in [0.25, 0.3) is 0 Å². The Balaban J connectivity index is 2.06. The summed E-state index contributed by atoms with van der Waals surface area (Å²) in [5.41, 5.74) is 3.76. The van der Waals surface area contributed by atoms with Crippen LogP contribution in [0.5, 0.6) is 0 Å². The van der Waals surface area contributed by atoms with Crippen molar-refractivity contribution in [1.82, 2.24) is 0 Å². The van der Waals surface area contributed by atoms with Crippen molar-refractivity contribution >= 4 is 5.71 Å². The highest BCUT2D eigenvalue weighted by Crippen LogP contribution is 2.29. The predicted molar refractivity (Wildman–Crippen MR) is 72.1 cm³/mol. The number of aliphatic imine (C=N–C) groups is 1. The molecule has 0 radical (unpaired) electrons. The van der Waals surface area contributed by atoms with Gasteiger partial charge < -0.3 is 0 Å². The minimum atomic E-state index is 0.395. The molecule has 0 N–H and O–H groups in total. The number of benzene rings is 1. The van der Waals surface area contributed by atoms with Crippen molar-refractivity contribution in [3.63, 3.8) is 0 Å². The van der Waals surface area contributed by atoms with Crippen LogP contribution in [0.15, 0.2) is 65.8 Å². The van der Waals surface area contributed by atoms with E-state index in [9.17, 15) is 0 Å². The van der Waals surface area contributed by atoms with Crippen molar-refractivity contribution in [3.8, 4) is 0 Å². The summed E-state index contributed by atoms with van der Waals surface area (Å²) in [5, 5.41) is 0. The van der Waals surface area contributed by atoms with Crippen LogP contribution < -0.4 is 0 Å². The molecule has 17 heavy (non-hydrogen) atoms. The molecule has 1 heteroatoms. The molecule has 84 valence electrons. The fourth-order valence-corrected chi connectivity index (χ4v) is 2.50. The molecule has 0 saturated carbocycles. The quantitative estimate of drug-likeness (QED) is 0.686. The van der Waals surface area contributed by atoms with Crippen LogP contribution in [0.1, 0.15) is 11.1 Å². The molecule has 3 rings (SSSR count). The fourth-order valence-electron chi connectivity index (χ4n) is 2.50. The Bertz CT molecular complexity index is 546. The third-order valence-electron chi connectivity index (χ3n) is 3.44. The van der Waals surface area contributed by atoms with Crippen molar-refractivity contribution in [3.05, 3.63) is 72.0 Å². The highest BCUT2D eigenvalue weighted by Gasteiger charge is 2.25. The zero-order chi connectivity index (χ0) is 11.7. The van der Waals surface area contributed by atoms with Gasteiger partial charge in [0, 0.05) is 18.0 Å². The molecule has 0 spiro atoms. The summed E-state index contributed by atoms with van der Waals surface area (Å²) in [6, 6.07) is 8.47. The maximum absolute atomic E-state index is 4.60. The Kier molecular flexibility index (Phi) is 2.52. The van der Waals surface area contributed by atoms with Gasteiger partial charge in [-0.2, -0.15) is 0 Å². The first-order valence-electron chi connectivity index (χ1n) is 6.01. The molecule has 0 bridgehead atoms. The van der Waals surface area contributed by atoms with Crippen molar-refractivity contribution in [1.29, 1.82) is 0 Å². The SMILES string of the molecule is Cc1ccccc1C1=NC=CC2C=CC=CC12. The zero-order valence-electron chi connectivity index (χ0n) is 9.88. The molecule has 0 aromatic heterocycles. The fraction of sp³-hybridized carbons (Fsp3) is 0.188. The Morgan fingerprint density at radius 2 is 1.82 bits per heavy atom. The first-order chi connectivity index (χ1) is 8.36. The van der Waals surface area contributed by atoms with E-state index in [-0.39, 0.29) is 0 Å². The highest BCUT2D eigenvalue weighted by atomic mass is 14.7. The predicted octanol–water partition coefficient (Wildman–Crippen LogP) is 3.67. The maximum Gasteiger partial charge on any atom is 0.0556 e. The molecule has 1 aliphatic heterocycles. The number of nitrogens with zero attached hydrogens (tertiary/aromatic N) is 1. The van der Waals surface area contributed by atoms with E-state index < -0.39 is 0 Å². The zero-order valence-corrected chi connectivity index (χ0v) is 9.88. The Morgan fingerprint density at radius 3 is 2.71 bits per heavy atom. The summed E-state index contributed by atoms with van der Waals surface area (Å²) in [7, 11) is 0. The van der Waals surface area contributed by atoms with Gasteiger partial charge in [-0.1, -0.05) is 54.6 Å². The van der Waals surface area contributed by atoms with E-state index in [2.05, 4.69) is 66.6 Å². The van der Waals surface area contributed by atoms with Crippen LogP contribution >= 0.6 is 0 Å². The Hall–Kier alpha value is -1.89. The number of aryl methyl sites for hydroxylation is 1. The highest BCUT2D eigenvalue weighted by molar-refractivity contribution is 6.05. The van der Waals surface area contributed by atoms with Crippen molar-refractivity contribution in [2.45, 2.75) is 6.92 Å². The number of hydrogen-bond acceptors (Lipinski definition) is 1. The average Bonchev–Trinajstić information content (AvgIpc) is 2.39. The van der Waals surface area contributed by atoms with Gasteiger partial charge in [0.2, 0.25) is 0 Å². The summed E-state index contributed by atoms with van der Waals surface area (Å²) in [4.78, 5) is 4.60. The molecule has 1 aromatic rings. The minimum absolute atomic E-state index is 0.395. The Labute approximate surface area is 102 Å². The molecule has 2 aliphatic rings. The third-order valence-corrected chi connectivity index (χ3v) is 3.44. The third kappa shape index (κ3) is 1.78. The van der Waals surface area contributed by atoms with Crippen molar-refractivity contribution in [2.75, 3.05) is 0 Å².